The maximum Gasteiger partial charge on any atom is 0.187 e. The topological polar surface area (TPSA) is 149 Å². The average Bonchev–Trinajstić information content (AvgIpc) is 2.85. The van der Waals surface area contributed by atoms with Crippen molar-refractivity contribution in [1.82, 2.24) is 0 Å². The third-order valence-corrected chi connectivity index (χ3v) is 8.37. The lowest BCUT2D eigenvalue weighted by atomic mass is 9.96. The summed E-state index contributed by atoms with van der Waals surface area (Å²) >= 11 is 1.43. The third-order valence-electron chi connectivity index (χ3n) is 7.01. The second-order valence-electron chi connectivity index (χ2n) is 9.94. The molecular weight excluding hydrogens is 476 g/mol. The smallest absolute Gasteiger partial charge is 0.187 e. The number of hydrogen-bond acceptors (Lipinski definition) is 10. The van der Waals surface area contributed by atoms with Gasteiger partial charge in [-0.05, 0) is 12.8 Å². The molecule has 0 amide bonds. The summed E-state index contributed by atoms with van der Waals surface area (Å²) < 4.78 is 17.2. The van der Waals surface area contributed by atoms with E-state index in [4.69, 9.17) is 14.2 Å². The van der Waals surface area contributed by atoms with Crippen molar-refractivity contribution in [3.05, 3.63) is 0 Å². The molecule has 11 unspecified atom stereocenters. The number of thioether (sulfide) groups is 1. The lowest BCUT2D eigenvalue weighted by Gasteiger charge is -2.46. The van der Waals surface area contributed by atoms with Crippen LogP contribution in [0.25, 0.3) is 0 Å². The lowest BCUT2D eigenvalue weighted by Crippen LogP contribution is -2.63. The first-order chi connectivity index (χ1) is 16.7. The molecule has 2 rings (SSSR count). The monoisotopic (exact) mass is 524 g/mol. The second-order valence-corrected chi connectivity index (χ2v) is 11.5. The predicted molar refractivity (Wildman–Crippen MR) is 134 cm³/mol. The van der Waals surface area contributed by atoms with E-state index in [9.17, 15) is 30.6 Å². The molecule has 10 heteroatoms. The highest BCUT2D eigenvalue weighted by atomic mass is 32.2. The Bertz CT molecular complexity index is 567. The summed E-state index contributed by atoms with van der Waals surface area (Å²) in [5, 5.41) is 62.0. The van der Waals surface area contributed by atoms with Crippen LogP contribution in [0, 0.1) is 0 Å². The highest BCUT2D eigenvalue weighted by Crippen LogP contribution is 2.35. The number of ether oxygens (including phenoxy) is 3. The zero-order valence-corrected chi connectivity index (χ0v) is 22.3. The Morgan fingerprint density at radius 3 is 1.97 bits per heavy atom. The van der Waals surface area contributed by atoms with E-state index < -0.39 is 67.2 Å². The molecule has 6 N–H and O–H groups in total. The Labute approximate surface area is 214 Å². The highest BCUT2D eigenvalue weighted by molar-refractivity contribution is 8.00. The fourth-order valence-corrected chi connectivity index (χ4v) is 6.01. The van der Waals surface area contributed by atoms with Crippen LogP contribution in [-0.4, -0.2) is 103 Å². The molecule has 2 heterocycles. The number of rotatable bonds is 15. The molecule has 0 radical (unpaired) electrons. The minimum absolute atomic E-state index is 0.198. The molecule has 0 aromatic rings. The maximum atomic E-state index is 10.8. The molecule has 208 valence electrons. The van der Waals surface area contributed by atoms with Crippen molar-refractivity contribution in [2.75, 3.05) is 6.61 Å². The molecule has 0 aliphatic carbocycles. The van der Waals surface area contributed by atoms with Crippen LogP contribution in [0.1, 0.15) is 85.0 Å². The Hall–Kier alpha value is -0.0100. The van der Waals surface area contributed by atoms with Gasteiger partial charge in [0.15, 0.2) is 6.29 Å². The van der Waals surface area contributed by atoms with Gasteiger partial charge in [-0.3, -0.25) is 0 Å². The number of aliphatic hydroxyl groups excluding tert-OH is 6. The fourth-order valence-electron chi connectivity index (χ4n) is 4.72. The Kier molecular flexibility index (Phi) is 14.3. The van der Waals surface area contributed by atoms with Gasteiger partial charge in [-0.25, -0.2) is 0 Å². The van der Waals surface area contributed by atoms with Crippen molar-refractivity contribution in [3.63, 3.8) is 0 Å². The minimum Gasteiger partial charge on any atom is -0.394 e. The number of aliphatic hydroxyl groups is 6. The number of hydrogen-bond donors (Lipinski definition) is 6. The van der Waals surface area contributed by atoms with Gasteiger partial charge < -0.3 is 44.8 Å². The van der Waals surface area contributed by atoms with Crippen LogP contribution in [0.5, 0.6) is 0 Å². The summed E-state index contributed by atoms with van der Waals surface area (Å²) in [7, 11) is 0. The second kappa shape index (κ2) is 16.1. The molecule has 2 aliphatic rings. The molecule has 11 atom stereocenters. The van der Waals surface area contributed by atoms with Crippen molar-refractivity contribution in [2.24, 2.45) is 0 Å². The van der Waals surface area contributed by atoms with E-state index in [0.717, 1.165) is 12.8 Å². The van der Waals surface area contributed by atoms with Crippen LogP contribution in [0.15, 0.2) is 0 Å². The normalized spacial score (nSPS) is 39.0. The molecule has 0 bridgehead atoms. The van der Waals surface area contributed by atoms with E-state index in [1.54, 1.807) is 6.92 Å². The van der Waals surface area contributed by atoms with Gasteiger partial charge in [0, 0.05) is 5.25 Å². The highest BCUT2D eigenvalue weighted by Gasteiger charge is 2.50. The van der Waals surface area contributed by atoms with E-state index in [-0.39, 0.29) is 5.25 Å². The van der Waals surface area contributed by atoms with Crippen LogP contribution in [0.2, 0.25) is 0 Å². The fraction of sp³-hybridized carbons (Fsp3) is 1.00. The molecule has 0 saturated carbocycles. The van der Waals surface area contributed by atoms with E-state index in [0.29, 0.717) is 6.42 Å². The molecule has 2 fully saturated rings. The van der Waals surface area contributed by atoms with Crippen molar-refractivity contribution < 1.29 is 44.8 Å². The molecule has 2 saturated heterocycles. The van der Waals surface area contributed by atoms with Crippen LogP contribution in [0.3, 0.4) is 0 Å². The molecule has 0 spiro atoms. The Balaban J connectivity index is 1.84. The summed E-state index contributed by atoms with van der Waals surface area (Å²) in [6.45, 7) is 5.57. The third kappa shape index (κ3) is 9.05. The van der Waals surface area contributed by atoms with Crippen LogP contribution in [0.4, 0.5) is 0 Å². The zero-order valence-electron chi connectivity index (χ0n) is 21.4. The summed E-state index contributed by atoms with van der Waals surface area (Å²) in [5.74, 6) is 0. The van der Waals surface area contributed by atoms with E-state index in [1.807, 2.05) is 0 Å². The van der Waals surface area contributed by atoms with Gasteiger partial charge in [0.1, 0.15) is 48.2 Å². The van der Waals surface area contributed by atoms with Gasteiger partial charge in [0.25, 0.3) is 0 Å². The quantitative estimate of drug-likeness (QED) is 0.175. The lowest BCUT2D eigenvalue weighted by molar-refractivity contribution is -0.335. The first-order valence-corrected chi connectivity index (χ1v) is 14.3. The summed E-state index contributed by atoms with van der Waals surface area (Å²) in [5.41, 5.74) is -0.737. The summed E-state index contributed by atoms with van der Waals surface area (Å²) in [6.07, 6.45) is 0.0209. The van der Waals surface area contributed by atoms with Gasteiger partial charge in [-0.1, -0.05) is 72.1 Å². The predicted octanol–water partition coefficient (Wildman–Crippen LogP) is 1.68. The number of unbranched alkanes of at least 4 members (excludes halogenated alkanes) is 7. The Morgan fingerprint density at radius 2 is 1.37 bits per heavy atom. The van der Waals surface area contributed by atoms with Gasteiger partial charge in [-0.2, -0.15) is 0 Å². The molecular formula is C25H48O9S. The van der Waals surface area contributed by atoms with E-state index in [1.165, 1.54) is 56.7 Å². The van der Waals surface area contributed by atoms with Crippen molar-refractivity contribution in [2.45, 2.75) is 151 Å². The van der Waals surface area contributed by atoms with Gasteiger partial charge in [-0.15, -0.1) is 11.8 Å². The van der Waals surface area contributed by atoms with Crippen LogP contribution < -0.4 is 0 Å². The molecule has 0 aromatic heterocycles. The molecule has 2 aliphatic heterocycles. The SMILES string of the molecule is CCCCCCCCCCC(C)SC1OC(CO)C(OC2OC(CC)C(O)C(O)C2O)C(O)C1O. The standard InChI is InChI=1S/C25H48O9S/c1-4-6-7-8-9-10-11-12-13-15(3)35-25-22(31)20(29)23(17(14-26)33-25)34-24-21(30)19(28)18(27)16(5-2)32-24/h15-31H,4-14H2,1-3H3. The minimum atomic E-state index is -1.56. The summed E-state index contributed by atoms with van der Waals surface area (Å²) in [6, 6.07) is 0. The first kappa shape index (κ1) is 31.2. The Morgan fingerprint density at radius 1 is 0.743 bits per heavy atom. The molecule has 0 aromatic carbocycles. The van der Waals surface area contributed by atoms with E-state index in [2.05, 4.69) is 13.8 Å². The average molecular weight is 525 g/mol. The molecule has 35 heavy (non-hydrogen) atoms. The maximum absolute atomic E-state index is 10.8. The van der Waals surface area contributed by atoms with E-state index >= 15 is 0 Å². The largest absolute Gasteiger partial charge is 0.394 e. The molecule has 9 nitrogen and oxygen atoms in total. The van der Waals surface area contributed by atoms with Crippen LogP contribution in [-0.2, 0) is 14.2 Å². The summed E-state index contributed by atoms with van der Waals surface area (Å²) in [4.78, 5) is 0. The van der Waals surface area contributed by atoms with Gasteiger partial charge in [0.05, 0.1) is 12.7 Å². The van der Waals surface area contributed by atoms with Crippen molar-refractivity contribution >= 4 is 11.8 Å². The zero-order chi connectivity index (χ0) is 26.0. The van der Waals surface area contributed by atoms with Gasteiger partial charge >= 0.3 is 0 Å². The first-order valence-electron chi connectivity index (χ1n) is 13.4. The van der Waals surface area contributed by atoms with Crippen LogP contribution >= 0.6 is 11.8 Å². The van der Waals surface area contributed by atoms with Crippen molar-refractivity contribution in [1.29, 1.82) is 0 Å². The van der Waals surface area contributed by atoms with Crippen molar-refractivity contribution in [3.8, 4) is 0 Å². The van der Waals surface area contributed by atoms with Gasteiger partial charge in [0.2, 0.25) is 0 Å².